The number of rotatable bonds is 12. The van der Waals surface area contributed by atoms with Gasteiger partial charge in [0.25, 0.3) is 0 Å². The molecule has 0 heterocycles. The zero-order valence-electron chi connectivity index (χ0n) is 14.8. The van der Waals surface area contributed by atoms with Gasteiger partial charge in [0.2, 0.25) is 0 Å². The number of carbonyl (C=O) groups is 3. The molecule has 0 unspecified atom stereocenters. The molecule has 25 heavy (non-hydrogen) atoms. The molecule has 0 aliphatic carbocycles. The maximum Gasteiger partial charge on any atom is 0.352 e. The number of hydroxylamine groups is 4. The van der Waals surface area contributed by atoms with Gasteiger partial charge in [-0.15, -0.1) is 5.06 Å². The second-order valence-corrected chi connectivity index (χ2v) is 5.22. The van der Waals surface area contributed by atoms with Gasteiger partial charge in [0, 0.05) is 29.8 Å². The van der Waals surface area contributed by atoms with Gasteiger partial charge in [0.05, 0.1) is 13.1 Å². The second kappa shape index (κ2) is 12.0. The van der Waals surface area contributed by atoms with Crippen LogP contribution in [0.5, 0.6) is 0 Å². The molecule has 0 aliphatic heterocycles. The first kappa shape index (κ1) is 22.5. The topological polar surface area (TPSA) is 106 Å². The van der Waals surface area contributed by atoms with E-state index in [1.54, 1.807) is 0 Å². The van der Waals surface area contributed by atoms with Crippen molar-refractivity contribution in [2.45, 2.75) is 20.8 Å². The standard InChI is InChI=1S/C16H25N3O6/c1-11(2)14(20)23-17-7-9-19(25-16(22)13(5)6)10-8-18-24-15(21)12(3)4/h17-18H,1,3,5,7-10H2,2,4,6H3. The van der Waals surface area contributed by atoms with Crippen LogP contribution in [0.15, 0.2) is 36.5 Å². The van der Waals surface area contributed by atoms with Crippen molar-refractivity contribution in [2.75, 3.05) is 26.2 Å². The normalized spacial score (nSPS) is 10.1. The third-order valence-electron chi connectivity index (χ3n) is 2.51. The Morgan fingerprint density at radius 2 is 1.12 bits per heavy atom. The number of hydrogen-bond donors (Lipinski definition) is 2. The minimum Gasteiger partial charge on any atom is -0.367 e. The molecule has 0 saturated heterocycles. The highest BCUT2D eigenvalue weighted by Gasteiger charge is 2.13. The summed E-state index contributed by atoms with van der Waals surface area (Å²) in [5.74, 6) is -1.77. The summed E-state index contributed by atoms with van der Waals surface area (Å²) in [6.45, 7) is 15.7. The molecule has 0 aliphatic rings. The van der Waals surface area contributed by atoms with Gasteiger partial charge in [0.1, 0.15) is 0 Å². The molecule has 0 aromatic heterocycles. The average molecular weight is 355 g/mol. The maximum atomic E-state index is 11.6. The zero-order valence-corrected chi connectivity index (χ0v) is 14.8. The molecule has 0 aromatic carbocycles. The highest BCUT2D eigenvalue weighted by Crippen LogP contribution is 1.98. The molecule has 9 nitrogen and oxygen atoms in total. The predicted molar refractivity (Wildman–Crippen MR) is 90.3 cm³/mol. The van der Waals surface area contributed by atoms with Crippen molar-refractivity contribution >= 4 is 17.9 Å². The van der Waals surface area contributed by atoms with Crippen molar-refractivity contribution in [3.8, 4) is 0 Å². The highest BCUT2D eigenvalue weighted by molar-refractivity contribution is 5.87. The molecule has 0 bridgehead atoms. The molecule has 0 spiro atoms. The minimum absolute atomic E-state index is 0.189. The van der Waals surface area contributed by atoms with Gasteiger partial charge in [0.15, 0.2) is 0 Å². The fourth-order valence-electron chi connectivity index (χ4n) is 1.15. The summed E-state index contributed by atoms with van der Waals surface area (Å²) in [5.41, 5.74) is 5.61. The van der Waals surface area contributed by atoms with Crippen LogP contribution in [0.4, 0.5) is 0 Å². The fraction of sp³-hybridized carbons (Fsp3) is 0.438. The lowest BCUT2D eigenvalue weighted by molar-refractivity contribution is -0.188. The largest absolute Gasteiger partial charge is 0.367 e. The third-order valence-corrected chi connectivity index (χ3v) is 2.51. The Labute approximate surface area is 147 Å². The second-order valence-electron chi connectivity index (χ2n) is 5.22. The first-order chi connectivity index (χ1) is 11.6. The SMILES string of the molecule is C=C(C)C(=O)ONCCN(CCNOC(=O)C(=C)C)OC(=O)C(=C)C. The Bertz CT molecular complexity index is 510. The molecule has 2 N–H and O–H groups in total. The lowest BCUT2D eigenvalue weighted by atomic mass is 10.4. The molecule has 0 rings (SSSR count). The van der Waals surface area contributed by atoms with Crippen LogP contribution in [-0.4, -0.2) is 49.2 Å². The highest BCUT2D eigenvalue weighted by atomic mass is 16.7. The number of nitrogens with zero attached hydrogens (tertiary/aromatic N) is 1. The Morgan fingerprint density at radius 3 is 1.44 bits per heavy atom. The minimum atomic E-state index is -0.599. The first-order valence-corrected chi connectivity index (χ1v) is 7.47. The molecular weight excluding hydrogens is 330 g/mol. The van der Waals surface area contributed by atoms with E-state index in [9.17, 15) is 14.4 Å². The van der Waals surface area contributed by atoms with Crippen molar-refractivity contribution in [3.05, 3.63) is 36.5 Å². The average Bonchev–Trinajstić information content (AvgIpc) is 2.53. The van der Waals surface area contributed by atoms with Crippen LogP contribution in [0.3, 0.4) is 0 Å². The molecule has 0 radical (unpaired) electrons. The van der Waals surface area contributed by atoms with E-state index in [-0.39, 0.29) is 42.9 Å². The van der Waals surface area contributed by atoms with E-state index < -0.39 is 17.9 Å². The first-order valence-electron chi connectivity index (χ1n) is 7.47. The van der Waals surface area contributed by atoms with Crippen molar-refractivity contribution in [1.82, 2.24) is 16.0 Å². The Balaban J connectivity index is 4.31. The van der Waals surface area contributed by atoms with E-state index in [0.29, 0.717) is 0 Å². The van der Waals surface area contributed by atoms with Gasteiger partial charge in [-0.1, -0.05) is 19.7 Å². The summed E-state index contributed by atoms with van der Waals surface area (Å²) < 4.78 is 0. The summed E-state index contributed by atoms with van der Waals surface area (Å²) in [6.07, 6.45) is 0. The van der Waals surface area contributed by atoms with E-state index in [1.165, 1.54) is 25.8 Å². The van der Waals surface area contributed by atoms with Gasteiger partial charge in [-0.25, -0.2) is 14.4 Å². The third kappa shape index (κ3) is 10.8. The van der Waals surface area contributed by atoms with Crippen LogP contribution in [0.2, 0.25) is 0 Å². The van der Waals surface area contributed by atoms with E-state index >= 15 is 0 Å². The fourth-order valence-corrected chi connectivity index (χ4v) is 1.15. The van der Waals surface area contributed by atoms with Crippen molar-refractivity contribution in [3.63, 3.8) is 0 Å². The van der Waals surface area contributed by atoms with E-state index in [1.807, 2.05) is 0 Å². The molecule has 9 heteroatoms. The van der Waals surface area contributed by atoms with Crippen molar-refractivity contribution in [1.29, 1.82) is 0 Å². The maximum absolute atomic E-state index is 11.6. The van der Waals surface area contributed by atoms with Gasteiger partial charge < -0.3 is 14.5 Å². The van der Waals surface area contributed by atoms with Gasteiger partial charge >= 0.3 is 17.9 Å². The molecule has 0 fully saturated rings. The number of nitrogens with one attached hydrogen (secondary N) is 2. The van der Waals surface area contributed by atoms with Crippen LogP contribution in [-0.2, 0) is 28.9 Å². The summed E-state index contributed by atoms with van der Waals surface area (Å²) in [4.78, 5) is 48.6. The van der Waals surface area contributed by atoms with Crippen LogP contribution in [0, 0.1) is 0 Å². The summed E-state index contributed by atoms with van der Waals surface area (Å²) in [6, 6.07) is 0. The van der Waals surface area contributed by atoms with Gasteiger partial charge in [-0.3, -0.25) is 0 Å². The summed E-state index contributed by atoms with van der Waals surface area (Å²) >= 11 is 0. The number of hydrogen-bond acceptors (Lipinski definition) is 9. The van der Waals surface area contributed by atoms with Crippen LogP contribution >= 0.6 is 0 Å². The van der Waals surface area contributed by atoms with E-state index in [0.717, 1.165) is 0 Å². The summed E-state index contributed by atoms with van der Waals surface area (Å²) in [7, 11) is 0. The molecular formula is C16H25N3O6. The van der Waals surface area contributed by atoms with Crippen molar-refractivity contribution in [2.24, 2.45) is 0 Å². The monoisotopic (exact) mass is 355 g/mol. The molecule has 140 valence electrons. The molecule has 0 aromatic rings. The van der Waals surface area contributed by atoms with Crippen LogP contribution in [0.25, 0.3) is 0 Å². The van der Waals surface area contributed by atoms with Crippen LogP contribution in [0.1, 0.15) is 20.8 Å². The number of carbonyl (C=O) groups excluding carboxylic acids is 3. The Hall–Kier alpha value is -2.49. The van der Waals surface area contributed by atoms with Gasteiger partial charge in [-0.2, -0.15) is 11.0 Å². The Morgan fingerprint density at radius 1 is 0.760 bits per heavy atom. The lowest BCUT2D eigenvalue weighted by Gasteiger charge is -2.21. The quantitative estimate of drug-likeness (QED) is 0.295. The van der Waals surface area contributed by atoms with Crippen molar-refractivity contribution < 1.29 is 28.9 Å². The smallest absolute Gasteiger partial charge is 0.352 e. The molecule has 0 atom stereocenters. The molecule has 0 amide bonds. The van der Waals surface area contributed by atoms with Crippen LogP contribution < -0.4 is 11.0 Å². The Kier molecular flexibility index (Phi) is 10.8. The molecule has 0 saturated carbocycles. The van der Waals surface area contributed by atoms with Gasteiger partial charge in [-0.05, 0) is 20.8 Å². The predicted octanol–water partition coefficient (Wildman–Crippen LogP) is 0.571. The van der Waals surface area contributed by atoms with E-state index in [2.05, 4.69) is 30.7 Å². The summed E-state index contributed by atoms with van der Waals surface area (Å²) in [5, 5.41) is 1.31. The van der Waals surface area contributed by atoms with E-state index in [4.69, 9.17) is 14.5 Å². The lowest BCUT2D eigenvalue weighted by Crippen LogP contribution is -2.39. The zero-order chi connectivity index (χ0) is 19.4.